The highest BCUT2D eigenvalue weighted by molar-refractivity contribution is 5.23. The summed E-state index contributed by atoms with van der Waals surface area (Å²) in [5.74, 6) is 0. The van der Waals surface area contributed by atoms with Gasteiger partial charge in [-0.2, -0.15) is 4.98 Å². The third-order valence-electron chi connectivity index (χ3n) is 2.14. The molecule has 1 heterocycles. The maximum atomic E-state index is 11.0. The summed E-state index contributed by atoms with van der Waals surface area (Å²) in [5.41, 5.74) is 1.67. The van der Waals surface area contributed by atoms with Gasteiger partial charge in [0.05, 0.1) is 5.69 Å². The van der Waals surface area contributed by atoms with Crippen molar-refractivity contribution in [3.8, 4) is 0 Å². The smallest absolute Gasteiger partial charge is 0.380 e. The van der Waals surface area contributed by atoms with Crippen molar-refractivity contribution in [3.05, 3.63) is 27.4 Å². The minimum absolute atomic E-state index is 0.597. The summed E-state index contributed by atoms with van der Waals surface area (Å²) in [4.78, 5) is 14.7. The zero-order valence-corrected chi connectivity index (χ0v) is 8.16. The summed E-state index contributed by atoms with van der Waals surface area (Å²) < 4.78 is 0.609. The lowest BCUT2D eigenvalue weighted by Gasteiger charge is -2.09. The Labute approximate surface area is 76.8 Å². The predicted octanol–water partition coefficient (Wildman–Crippen LogP) is 1.05. The van der Waals surface area contributed by atoms with Crippen molar-refractivity contribution >= 4 is 0 Å². The van der Waals surface area contributed by atoms with Crippen LogP contribution in [0.3, 0.4) is 0 Å². The zero-order chi connectivity index (χ0) is 10.0. The summed E-state index contributed by atoms with van der Waals surface area (Å²) in [7, 11) is 0. The van der Waals surface area contributed by atoms with E-state index in [1.165, 1.54) is 0 Å². The van der Waals surface area contributed by atoms with E-state index in [1.54, 1.807) is 13.8 Å². The molecule has 1 rings (SSSR count). The van der Waals surface area contributed by atoms with E-state index in [0.29, 0.717) is 10.4 Å². The molecule has 0 aliphatic heterocycles. The molecule has 0 aliphatic carbocycles. The largest absolute Gasteiger partial charge is 0.424 e. The standard InChI is InChI=1S/C9H14N2O2/c1-4-5-8-6(2)10-9(12)11(13)7(8)3/h13H,4-5H2,1-3H3. The van der Waals surface area contributed by atoms with Gasteiger partial charge in [-0.05, 0) is 25.8 Å². The van der Waals surface area contributed by atoms with Crippen LogP contribution >= 0.6 is 0 Å². The van der Waals surface area contributed by atoms with Crippen molar-refractivity contribution in [1.29, 1.82) is 0 Å². The molecule has 0 fully saturated rings. The van der Waals surface area contributed by atoms with Gasteiger partial charge in [0.25, 0.3) is 0 Å². The van der Waals surface area contributed by atoms with Crippen LogP contribution in [0.4, 0.5) is 0 Å². The zero-order valence-electron chi connectivity index (χ0n) is 8.16. The molecule has 13 heavy (non-hydrogen) atoms. The second-order valence-corrected chi connectivity index (χ2v) is 3.11. The van der Waals surface area contributed by atoms with Crippen molar-refractivity contribution in [2.75, 3.05) is 0 Å². The number of hydrogen-bond acceptors (Lipinski definition) is 3. The lowest BCUT2D eigenvalue weighted by atomic mass is 10.1. The second-order valence-electron chi connectivity index (χ2n) is 3.11. The van der Waals surface area contributed by atoms with Gasteiger partial charge in [-0.3, -0.25) is 0 Å². The molecule has 72 valence electrons. The molecule has 1 aromatic rings. The topological polar surface area (TPSA) is 55.1 Å². The van der Waals surface area contributed by atoms with E-state index in [0.717, 1.165) is 24.1 Å². The Morgan fingerprint density at radius 2 is 2.08 bits per heavy atom. The molecule has 0 aliphatic rings. The molecule has 0 aromatic carbocycles. The fourth-order valence-corrected chi connectivity index (χ4v) is 1.40. The quantitative estimate of drug-likeness (QED) is 0.695. The molecule has 4 heteroatoms. The Hall–Kier alpha value is -1.32. The van der Waals surface area contributed by atoms with E-state index in [9.17, 15) is 10.0 Å². The SMILES string of the molecule is CCCc1c(C)nc(=O)n(O)c1C. The Bertz CT molecular complexity index is 369. The Morgan fingerprint density at radius 3 is 2.62 bits per heavy atom. The van der Waals surface area contributed by atoms with Crippen molar-refractivity contribution in [2.24, 2.45) is 0 Å². The second kappa shape index (κ2) is 3.60. The predicted molar refractivity (Wildman–Crippen MR) is 49.2 cm³/mol. The first-order valence-electron chi connectivity index (χ1n) is 4.36. The molecular formula is C9H14N2O2. The fourth-order valence-electron chi connectivity index (χ4n) is 1.40. The molecule has 0 spiro atoms. The first-order valence-corrected chi connectivity index (χ1v) is 4.36. The van der Waals surface area contributed by atoms with Gasteiger partial charge in [-0.25, -0.2) is 4.79 Å². The normalized spacial score (nSPS) is 10.4. The van der Waals surface area contributed by atoms with Gasteiger partial charge >= 0.3 is 5.69 Å². The Morgan fingerprint density at radius 1 is 1.46 bits per heavy atom. The maximum absolute atomic E-state index is 11.0. The first-order chi connectivity index (χ1) is 6.07. The summed E-state index contributed by atoms with van der Waals surface area (Å²) >= 11 is 0. The van der Waals surface area contributed by atoms with Crippen LogP contribution in [0.25, 0.3) is 0 Å². The number of aromatic nitrogens is 2. The molecular weight excluding hydrogens is 168 g/mol. The lowest BCUT2D eigenvalue weighted by Crippen LogP contribution is -2.25. The molecule has 0 saturated carbocycles. The Balaban J connectivity index is 3.35. The molecule has 1 aromatic heterocycles. The molecule has 0 saturated heterocycles. The summed E-state index contributed by atoms with van der Waals surface area (Å²) in [5, 5.41) is 9.28. The minimum atomic E-state index is -0.602. The number of aryl methyl sites for hydroxylation is 1. The number of hydrogen-bond donors (Lipinski definition) is 1. The van der Waals surface area contributed by atoms with Crippen LogP contribution in [0.5, 0.6) is 0 Å². The molecule has 1 N–H and O–H groups in total. The van der Waals surface area contributed by atoms with Crippen LogP contribution in [-0.4, -0.2) is 14.9 Å². The van der Waals surface area contributed by atoms with Crippen LogP contribution in [0.15, 0.2) is 4.79 Å². The summed E-state index contributed by atoms with van der Waals surface area (Å²) in [6.45, 7) is 5.56. The summed E-state index contributed by atoms with van der Waals surface area (Å²) in [6, 6.07) is 0. The maximum Gasteiger partial charge on any atom is 0.380 e. The van der Waals surface area contributed by atoms with Gasteiger partial charge in [0, 0.05) is 5.69 Å². The highest BCUT2D eigenvalue weighted by atomic mass is 16.5. The van der Waals surface area contributed by atoms with Gasteiger partial charge in [-0.1, -0.05) is 13.3 Å². The van der Waals surface area contributed by atoms with Gasteiger partial charge in [0.15, 0.2) is 0 Å². The van der Waals surface area contributed by atoms with E-state index in [4.69, 9.17) is 0 Å². The average molecular weight is 182 g/mol. The van der Waals surface area contributed by atoms with Crippen molar-refractivity contribution in [2.45, 2.75) is 33.6 Å². The molecule has 0 unspecified atom stereocenters. The first kappa shape index (κ1) is 9.77. The van der Waals surface area contributed by atoms with E-state index in [1.807, 2.05) is 6.92 Å². The van der Waals surface area contributed by atoms with Crippen molar-refractivity contribution < 1.29 is 5.21 Å². The van der Waals surface area contributed by atoms with Gasteiger partial charge in [0.1, 0.15) is 0 Å². The fraction of sp³-hybridized carbons (Fsp3) is 0.556. The van der Waals surface area contributed by atoms with Crippen LogP contribution in [0.2, 0.25) is 0 Å². The van der Waals surface area contributed by atoms with Crippen LogP contribution in [0.1, 0.15) is 30.3 Å². The van der Waals surface area contributed by atoms with E-state index >= 15 is 0 Å². The lowest BCUT2D eigenvalue weighted by molar-refractivity contribution is 0.161. The minimum Gasteiger partial charge on any atom is -0.424 e. The molecule has 0 atom stereocenters. The molecule has 0 radical (unpaired) electrons. The van der Waals surface area contributed by atoms with Crippen LogP contribution in [-0.2, 0) is 6.42 Å². The van der Waals surface area contributed by atoms with Crippen LogP contribution < -0.4 is 5.69 Å². The highest BCUT2D eigenvalue weighted by Crippen LogP contribution is 2.10. The Kier molecular flexibility index (Phi) is 2.70. The van der Waals surface area contributed by atoms with Crippen molar-refractivity contribution in [1.82, 2.24) is 9.71 Å². The van der Waals surface area contributed by atoms with Crippen molar-refractivity contribution in [3.63, 3.8) is 0 Å². The van der Waals surface area contributed by atoms with E-state index in [-0.39, 0.29) is 0 Å². The third-order valence-corrected chi connectivity index (χ3v) is 2.14. The highest BCUT2D eigenvalue weighted by Gasteiger charge is 2.08. The van der Waals surface area contributed by atoms with Gasteiger partial charge in [-0.15, -0.1) is 4.73 Å². The number of rotatable bonds is 2. The summed E-state index contributed by atoms with van der Waals surface area (Å²) in [6.07, 6.45) is 1.81. The molecule has 4 nitrogen and oxygen atoms in total. The van der Waals surface area contributed by atoms with Crippen LogP contribution in [0, 0.1) is 13.8 Å². The molecule has 0 amide bonds. The van der Waals surface area contributed by atoms with Gasteiger partial charge < -0.3 is 5.21 Å². The third kappa shape index (κ3) is 1.71. The average Bonchev–Trinajstić information content (AvgIpc) is 2.09. The van der Waals surface area contributed by atoms with E-state index < -0.39 is 5.69 Å². The number of nitrogens with zero attached hydrogens (tertiary/aromatic N) is 2. The van der Waals surface area contributed by atoms with Gasteiger partial charge in [0.2, 0.25) is 0 Å². The monoisotopic (exact) mass is 182 g/mol. The van der Waals surface area contributed by atoms with E-state index in [2.05, 4.69) is 4.98 Å². The molecule has 0 bridgehead atoms.